The predicted molar refractivity (Wildman–Crippen MR) is 80.7 cm³/mol. The van der Waals surface area contributed by atoms with E-state index >= 15 is 0 Å². The fraction of sp³-hybridized carbons (Fsp3) is 0.294. The molecule has 0 atom stereocenters. The number of hydrogen-bond acceptors (Lipinski definition) is 2. The van der Waals surface area contributed by atoms with Crippen LogP contribution in [0.15, 0.2) is 48.5 Å². The minimum Gasteiger partial charge on any atom is -0.494 e. The Morgan fingerprint density at radius 3 is 2.58 bits per heavy atom. The molecule has 2 nitrogen and oxygen atoms in total. The summed E-state index contributed by atoms with van der Waals surface area (Å²) < 4.78 is 5.64. The van der Waals surface area contributed by atoms with Gasteiger partial charge in [-0.05, 0) is 43.2 Å². The standard InChI is InChI=1S/C17H21NO/c1-3-11-19-17-6-4-5-15(12-17)13-18-16-9-7-14(2)8-10-16/h4-10,12,18H,3,11,13H2,1-2H3. The average Bonchev–Trinajstić information content (AvgIpc) is 2.45. The molecule has 0 saturated heterocycles. The van der Waals surface area contributed by atoms with Gasteiger partial charge in [0.1, 0.15) is 5.75 Å². The number of rotatable bonds is 6. The van der Waals surface area contributed by atoms with Gasteiger partial charge in [-0.25, -0.2) is 0 Å². The largest absolute Gasteiger partial charge is 0.494 e. The molecule has 1 N–H and O–H groups in total. The van der Waals surface area contributed by atoms with Crippen molar-refractivity contribution in [3.63, 3.8) is 0 Å². The molecule has 100 valence electrons. The van der Waals surface area contributed by atoms with Crippen molar-refractivity contribution in [3.8, 4) is 5.75 Å². The monoisotopic (exact) mass is 255 g/mol. The van der Waals surface area contributed by atoms with Crippen molar-refractivity contribution in [3.05, 3.63) is 59.7 Å². The second-order valence-corrected chi connectivity index (χ2v) is 4.72. The normalized spacial score (nSPS) is 10.2. The van der Waals surface area contributed by atoms with E-state index in [9.17, 15) is 0 Å². The molecule has 2 heteroatoms. The summed E-state index contributed by atoms with van der Waals surface area (Å²) in [6.07, 6.45) is 1.03. The molecule has 0 unspecified atom stereocenters. The lowest BCUT2D eigenvalue weighted by atomic mass is 10.2. The molecule has 2 aromatic rings. The van der Waals surface area contributed by atoms with Gasteiger partial charge in [0.25, 0.3) is 0 Å². The molecule has 0 radical (unpaired) electrons. The van der Waals surface area contributed by atoms with Crippen molar-refractivity contribution >= 4 is 5.69 Å². The zero-order valence-electron chi connectivity index (χ0n) is 11.6. The lowest BCUT2D eigenvalue weighted by Crippen LogP contribution is -2.00. The lowest BCUT2D eigenvalue weighted by Gasteiger charge is -2.09. The van der Waals surface area contributed by atoms with Gasteiger partial charge in [0, 0.05) is 12.2 Å². The minimum absolute atomic E-state index is 0.773. The Bertz CT molecular complexity index is 505. The zero-order valence-corrected chi connectivity index (χ0v) is 11.6. The maximum atomic E-state index is 5.64. The van der Waals surface area contributed by atoms with E-state index in [0.29, 0.717) is 0 Å². The smallest absolute Gasteiger partial charge is 0.119 e. The highest BCUT2D eigenvalue weighted by Gasteiger charge is 1.97. The van der Waals surface area contributed by atoms with Crippen LogP contribution < -0.4 is 10.1 Å². The van der Waals surface area contributed by atoms with Gasteiger partial charge in [-0.15, -0.1) is 0 Å². The van der Waals surface area contributed by atoms with Gasteiger partial charge in [0.2, 0.25) is 0 Å². The first-order valence-corrected chi connectivity index (χ1v) is 6.80. The number of hydrogen-bond donors (Lipinski definition) is 1. The molecule has 0 aliphatic rings. The van der Waals surface area contributed by atoms with Gasteiger partial charge >= 0.3 is 0 Å². The van der Waals surface area contributed by atoms with Crippen molar-refractivity contribution in [2.75, 3.05) is 11.9 Å². The van der Waals surface area contributed by atoms with Crippen molar-refractivity contribution < 1.29 is 4.74 Å². The quantitative estimate of drug-likeness (QED) is 0.826. The molecule has 0 spiro atoms. The summed E-state index contributed by atoms with van der Waals surface area (Å²) in [5, 5.41) is 3.42. The van der Waals surface area contributed by atoms with E-state index in [4.69, 9.17) is 4.74 Å². The Balaban J connectivity index is 1.93. The summed E-state index contributed by atoms with van der Waals surface area (Å²) in [4.78, 5) is 0. The van der Waals surface area contributed by atoms with Crippen molar-refractivity contribution in [2.24, 2.45) is 0 Å². The Morgan fingerprint density at radius 1 is 1.05 bits per heavy atom. The summed E-state index contributed by atoms with van der Waals surface area (Å²) in [5.74, 6) is 0.949. The van der Waals surface area contributed by atoms with Crippen molar-refractivity contribution in [1.29, 1.82) is 0 Å². The van der Waals surface area contributed by atoms with Gasteiger partial charge in [0.15, 0.2) is 0 Å². The minimum atomic E-state index is 0.773. The Morgan fingerprint density at radius 2 is 1.84 bits per heavy atom. The first kappa shape index (κ1) is 13.5. The molecule has 2 rings (SSSR count). The number of anilines is 1. The zero-order chi connectivity index (χ0) is 13.5. The van der Waals surface area contributed by atoms with Gasteiger partial charge in [-0.1, -0.05) is 36.8 Å². The van der Waals surface area contributed by atoms with E-state index in [2.05, 4.69) is 55.6 Å². The van der Waals surface area contributed by atoms with Crippen LogP contribution in [-0.4, -0.2) is 6.61 Å². The second-order valence-electron chi connectivity index (χ2n) is 4.72. The number of nitrogens with one attached hydrogen (secondary N) is 1. The molecule has 0 amide bonds. The molecular weight excluding hydrogens is 234 g/mol. The van der Waals surface area contributed by atoms with Gasteiger partial charge < -0.3 is 10.1 Å². The van der Waals surface area contributed by atoms with E-state index in [1.54, 1.807) is 0 Å². The van der Waals surface area contributed by atoms with E-state index in [-0.39, 0.29) is 0 Å². The number of benzene rings is 2. The molecule has 0 saturated carbocycles. The van der Waals surface area contributed by atoms with Crippen LogP contribution >= 0.6 is 0 Å². The third-order valence-electron chi connectivity index (χ3n) is 2.92. The number of aryl methyl sites for hydroxylation is 1. The second kappa shape index (κ2) is 6.83. The van der Waals surface area contributed by atoms with E-state index < -0.39 is 0 Å². The van der Waals surface area contributed by atoms with E-state index in [0.717, 1.165) is 31.0 Å². The highest BCUT2D eigenvalue weighted by Crippen LogP contribution is 2.15. The van der Waals surface area contributed by atoms with Crippen LogP contribution in [0.4, 0.5) is 5.69 Å². The lowest BCUT2D eigenvalue weighted by molar-refractivity contribution is 0.317. The summed E-state index contributed by atoms with van der Waals surface area (Å²) in [7, 11) is 0. The van der Waals surface area contributed by atoms with E-state index in [1.807, 2.05) is 12.1 Å². The van der Waals surface area contributed by atoms with Gasteiger partial charge in [0.05, 0.1) is 6.61 Å². The van der Waals surface area contributed by atoms with Crippen LogP contribution in [0.3, 0.4) is 0 Å². The molecule has 2 aromatic carbocycles. The number of ether oxygens (including phenoxy) is 1. The molecule has 0 bridgehead atoms. The summed E-state index contributed by atoms with van der Waals surface area (Å²) >= 11 is 0. The highest BCUT2D eigenvalue weighted by atomic mass is 16.5. The first-order valence-electron chi connectivity index (χ1n) is 6.80. The Kier molecular flexibility index (Phi) is 4.85. The Hall–Kier alpha value is -1.96. The maximum Gasteiger partial charge on any atom is 0.119 e. The van der Waals surface area contributed by atoms with Crippen LogP contribution in [0.1, 0.15) is 24.5 Å². The third kappa shape index (κ3) is 4.32. The fourth-order valence-corrected chi connectivity index (χ4v) is 1.84. The summed E-state index contributed by atoms with van der Waals surface area (Å²) in [5.41, 5.74) is 3.65. The van der Waals surface area contributed by atoms with Crippen LogP contribution in [-0.2, 0) is 6.54 Å². The fourth-order valence-electron chi connectivity index (χ4n) is 1.84. The summed E-state index contributed by atoms with van der Waals surface area (Å²) in [6, 6.07) is 16.7. The molecule has 0 heterocycles. The van der Waals surface area contributed by atoms with Crippen molar-refractivity contribution in [1.82, 2.24) is 0 Å². The maximum absolute atomic E-state index is 5.64. The SMILES string of the molecule is CCCOc1cccc(CNc2ccc(C)cc2)c1. The summed E-state index contributed by atoms with van der Waals surface area (Å²) in [6.45, 7) is 5.79. The van der Waals surface area contributed by atoms with Crippen LogP contribution in [0, 0.1) is 6.92 Å². The van der Waals surface area contributed by atoms with E-state index in [1.165, 1.54) is 11.1 Å². The van der Waals surface area contributed by atoms with Crippen molar-refractivity contribution in [2.45, 2.75) is 26.8 Å². The highest BCUT2D eigenvalue weighted by molar-refractivity contribution is 5.45. The average molecular weight is 255 g/mol. The topological polar surface area (TPSA) is 21.3 Å². The molecule has 0 aliphatic carbocycles. The molecular formula is C17H21NO. The first-order chi connectivity index (χ1) is 9.28. The van der Waals surface area contributed by atoms with Gasteiger partial charge in [-0.2, -0.15) is 0 Å². The van der Waals surface area contributed by atoms with Crippen LogP contribution in [0.2, 0.25) is 0 Å². The molecule has 0 aromatic heterocycles. The molecule has 0 fully saturated rings. The predicted octanol–water partition coefficient (Wildman–Crippen LogP) is 4.40. The van der Waals surface area contributed by atoms with Crippen LogP contribution in [0.5, 0.6) is 5.75 Å². The third-order valence-corrected chi connectivity index (χ3v) is 2.92. The Labute approximate surface area is 115 Å². The molecule has 19 heavy (non-hydrogen) atoms. The van der Waals surface area contributed by atoms with Crippen LogP contribution in [0.25, 0.3) is 0 Å². The molecule has 0 aliphatic heterocycles. The van der Waals surface area contributed by atoms with Gasteiger partial charge in [-0.3, -0.25) is 0 Å².